The summed E-state index contributed by atoms with van der Waals surface area (Å²) in [6.07, 6.45) is 0. The van der Waals surface area contributed by atoms with Crippen molar-refractivity contribution in [3.63, 3.8) is 0 Å². The summed E-state index contributed by atoms with van der Waals surface area (Å²) in [5, 5.41) is 7.89. The van der Waals surface area contributed by atoms with Gasteiger partial charge in [-0.25, -0.2) is 8.42 Å². The van der Waals surface area contributed by atoms with E-state index in [9.17, 15) is 13.2 Å². The van der Waals surface area contributed by atoms with E-state index >= 15 is 0 Å². The first-order valence-corrected chi connectivity index (χ1v) is 11.7. The summed E-state index contributed by atoms with van der Waals surface area (Å²) < 4.78 is 28.5. The van der Waals surface area contributed by atoms with Crippen molar-refractivity contribution >= 4 is 38.6 Å². The maximum absolute atomic E-state index is 12.8. The Balaban J connectivity index is 1.92. The van der Waals surface area contributed by atoms with Gasteiger partial charge in [0, 0.05) is 38.3 Å². The normalized spacial score (nSPS) is 14.9. The maximum atomic E-state index is 12.8. The number of sulfonamides is 1. The van der Waals surface area contributed by atoms with E-state index in [1.54, 1.807) is 29.6 Å². The summed E-state index contributed by atoms with van der Waals surface area (Å²) in [4.78, 5) is 14.6. The molecule has 1 saturated heterocycles. The standard InChI is InChI=1S/C19H26N4O3S2/c1-14(2)13-21-19(24)15-5-6-17(23-9-7-20-8-10-23)16(12-15)22-28(25,26)18-4-3-11-27-18/h3-6,11-12,14,20,22H,7-10,13H2,1-2H3,(H,21,24). The minimum Gasteiger partial charge on any atom is -0.367 e. The molecular formula is C19H26N4O3S2. The Kier molecular flexibility index (Phi) is 6.58. The number of carbonyl (C=O) groups is 1. The van der Waals surface area contributed by atoms with Gasteiger partial charge in [0.05, 0.1) is 11.4 Å². The van der Waals surface area contributed by atoms with Crippen LogP contribution in [0.4, 0.5) is 11.4 Å². The lowest BCUT2D eigenvalue weighted by atomic mass is 10.1. The van der Waals surface area contributed by atoms with E-state index in [2.05, 4.69) is 20.3 Å². The predicted molar refractivity (Wildman–Crippen MR) is 114 cm³/mol. The fraction of sp³-hybridized carbons (Fsp3) is 0.421. The third-order valence-corrected chi connectivity index (χ3v) is 7.15. The molecule has 28 heavy (non-hydrogen) atoms. The molecule has 1 aromatic carbocycles. The number of nitrogens with zero attached hydrogens (tertiary/aromatic N) is 1. The van der Waals surface area contributed by atoms with Gasteiger partial charge in [0.1, 0.15) is 4.21 Å². The van der Waals surface area contributed by atoms with E-state index in [4.69, 9.17) is 0 Å². The molecule has 1 amide bonds. The maximum Gasteiger partial charge on any atom is 0.271 e. The molecule has 2 aromatic rings. The number of anilines is 2. The lowest BCUT2D eigenvalue weighted by molar-refractivity contribution is 0.0949. The molecule has 3 rings (SSSR count). The highest BCUT2D eigenvalue weighted by molar-refractivity contribution is 7.94. The summed E-state index contributed by atoms with van der Waals surface area (Å²) in [6.45, 7) is 7.80. The molecule has 0 unspecified atom stereocenters. The molecule has 1 aliphatic rings. The van der Waals surface area contributed by atoms with Crippen LogP contribution in [0.2, 0.25) is 0 Å². The van der Waals surface area contributed by atoms with Crippen molar-refractivity contribution in [3.8, 4) is 0 Å². The van der Waals surface area contributed by atoms with Gasteiger partial charge < -0.3 is 15.5 Å². The second kappa shape index (κ2) is 8.93. The van der Waals surface area contributed by atoms with Gasteiger partial charge in [-0.3, -0.25) is 9.52 Å². The van der Waals surface area contributed by atoms with Gasteiger partial charge in [0.25, 0.3) is 15.9 Å². The number of amides is 1. The smallest absolute Gasteiger partial charge is 0.271 e. The molecule has 0 aliphatic carbocycles. The van der Waals surface area contributed by atoms with Gasteiger partial charge in [-0.05, 0) is 35.6 Å². The molecular weight excluding hydrogens is 396 g/mol. The first-order chi connectivity index (χ1) is 13.4. The van der Waals surface area contributed by atoms with Crippen molar-refractivity contribution in [1.82, 2.24) is 10.6 Å². The molecule has 9 heteroatoms. The Morgan fingerprint density at radius 2 is 2.00 bits per heavy atom. The molecule has 0 radical (unpaired) electrons. The summed E-state index contributed by atoms with van der Waals surface area (Å²) in [6, 6.07) is 8.46. The van der Waals surface area contributed by atoms with Crippen LogP contribution in [0.25, 0.3) is 0 Å². The number of benzene rings is 1. The number of hydrogen-bond donors (Lipinski definition) is 3. The first-order valence-electron chi connectivity index (χ1n) is 9.31. The molecule has 0 atom stereocenters. The van der Waals surface area contributed by atoms with E-state index in [1.165, 1.54) is 0 Å². The molecule has 7 nitrogen and oxygen atoms in total. The zero-order chi connectivity index (χ0) is 20.1. The highest BCUT2D eigenvalue weighted by atomic mass is 32.2. The van der Waals surface area contributed by atoms with E-state index in [1.807, 2.05) is 19.9 Å². The van der Waals surface area contributed by atoms with Crippen LogP contribution in [-0.2, 0) is 10.0 Å². The van der Waals surface area contributed by atoms with E-state index < -0.39 is 10.0 Å². The third-order valence-electron chi connectivity index (χ3n) is 4.39. The van der Waals surface area contributed by atoms with Crippen molar-refractivity contribution in [2.75, 3.05) is 42.3 Å². The van der Waals surface area contributed by atoms with Crippen molar-refractivity contribution in [1.29, 1.82) is 0 Å². The second-order valence-electron chi connectivity index (χ2n) is 7.11. The van der Waals surface area contributed by atoms with E-state index in [0.29, 0.717) is 23.7 Å². The minimum absolute atomic E-state index is 0.211. The molecule has 2 heterocycles. The van der Waals surface area contributed by atoms with Gasteiger partial charge in [0.2, 0.25) is 0 Å². The molecule has 0 spiro atoms. The lowest BCUT2D eigenvalue weighted by Gasteiger charge is -2.31. The van der Waals surface area contributed by atoms with Crippen LogP contribution < -0.4 is 20.3 Å². The zero-order valence-corrected chi connectivity index (χ0v) is 17.7. The SMILES string of the molecule is CC(C)CNC(=O)c1ccc(N2CCNCC2)c(NS(=O)(=O)c2cccs2)c1. The first kappa shape index (κ1) is 20.6. The molecule has 0 saturated carbocycles. The highest BCUT2D eigenvalue weighted by Crippen LogP contribution is 2.30. The molecule has 152 valence electrons. The average Bonchev–Trinajstić information content (AvgIpc) is 3.22. The van der Waals surface area contributed by atoms with Crippen LogP contribution in [0.5, 0.6) is 0 Å². The lowest BCUT2D eigenvalue weighted by Crippen LogP contribution is -2.43. The van der Waals surface area contributed by atoms with Crippen LogP contribution in [0, 0.1) is 5.92 Å². The quantitative estimate of drug-likeness (QED) is 0.637. The van der Waals surface area contributed by atoms with Crippen LogP contribution in [0.1, 0.15) is 24.2 Å². The monoisotopic (exact) mass is 422 g/mol. The average molecular weight is 423 g/mol. The Bertz CT molecular complexity index is 905. The molecule has 3 N–H and O–H groups in total. The largest absolute Gasteiger partial charge is 0.367 e. The number of piperazine rings is 1. The van der Waals surface area contributed by atoms with E-state index in [-0.39, 0.29) is 10.1 Å². The Morgan fingerprint density at radius 1 is 1.25 bits per heavy atom. The fourth-order valence-corrected chi connectivity index (χ4v) is 5.01. The van der Waals surface area contributed by atoms with Gasteiger partial charge >= 0.3 is 0 Å². The highest BCUT2D eigenvalue weighted by Gasteiger charge is 2.22. The topological polar surface area (TPSA) is 90.5 Å². The van der Waals surface area contributed by atoms with Crippen molar-refractivity contribution in [2.45, 2.75) is 18.1 Å². The second-order valence-corrected chi connectivity index (χ2v) is 9.97. The number of hydrogen-bond acceptors (Lipinski definition) is 6. The van der Waals surface area contributed by atoms with Crippen molar-refractivity contribution in [2.24, 2.45) is 5.92 Å². The third kappa shape index (κ3) is 5.03. The van der Waals surface area contributed by atoms with Crippen LogP contribution in [0.15, 0.2) is 39.9 Å². The molecule has 1 aliphatic heterocycles. The number of thiophene rings is 1. The van der Waals surface area contributed by atoms with Crippen LogP contribution in [-0.4, -0.2) is 47.0 Å². The van der Waals surface area contributed by atoms with Crippen LogP contribution in [0.3, 0.4) is 0 Å². The molecule has 0 bridgehead atoms. The zero-order valence-electron chi connectivity index (χ0n) is 16.1. The minimum atomic E-state index is -3.70. The number of rotatable bonds is 7. The van der Waals surface area contributed by atoms with E-state index in [0.717, 1.165) is 43.2 Å². The Morgan fingerprint density at radius 3 is 2.64 bits per heavy atom. The Hall–Kier alpha value is -2.10. The summed E-state index contributed by atoms with van der Waals surface area (Å²) in [5.41, 5.74) is 1.64. The van der Waals surface area contributed by atoms with Gasteiger partial charge in [0.15, 0.2) is 0 Å². The van der Waals surface area contributed by atoms with Gasteiger partial charge in [-0.1, -0.05) is 19.9 Å². The van der Waals surface area contributed by atoms with Crippen LogP contribution >= 0.6 is 11.3 Å². The Labute approximate surface area is 170 Å². The van der Waals surface area contributed by atoms with Crippen molar-refractivity contribution < 1.29 is 13.2 Å². The molecule has 1 aromatic heterocycles. The molecule has 1 fully saturated rings. The fourth-order valence-electron chi connectivity index (χ4n) is 2.95. The summed E-state index contributed by atoms with van der Waals surface area (Å²) in [5.74, 6) is 0.123. The summed E-state index contributed by atoms with van der Waals surface area (Å²) in [7, 11) is -3.70. The summed E-state index contributed by atoms with van der Waals surface area (Å²) >= 11 is 1.16. The van der Waals surface area contributed by atoms with Crippen molar-refractivity contribution in [3.05, 3.63) is 41.3 Å². The van der Waals surface area contributed by atoms with Gasteiger partial charge in [-0.15, -0.1) is 11.3 Å². The van der Waals surface area contributed by atoms with Gasteiger partial charge in [-0.2, -0.15) is 0 Å². The number of nitrogens with one attached hydrogen (secondary N) is 3. The number of carbonyl (C=O) groups excluding carboxylic acids is 1. The predicted octanol–water partition coefficient (Wildman–Crippen LogP) is 2.34.